The Kier molecular flexibility index (Phi) is 3.48. The van der Waals surface area contributed by atoms with E-state index in [1.165, 1.54) is 18.9 Å². The third-order valence-corrected chi connectivity index (χ3v) is 4.32. The van der Waals surface area contributed by atoms with Crippen molar-refractivity contribution >= 4 is 11.4 Å². The number of ether oxygens (including phenoxy) is 1. The lowest BCUT2D eigenvalue weighted by Gasteiger charge is -2.24. The number of hydrogen-bond acceptors (Lipinski definition) is 5. The Morgan fingerprint density at radius 2 is 2.30 bits per heavy atom. The van der Waals surface area contributed by atoms with Crippen molar-refractivity contribution in [3.63, 3.8) is 0 Å². The lowest BCUT2D eigenvalue weighted by Crippen LogP contribution is -2.40. The topological polar surface area (TPSA) is 67.6 Å². The Bertz CT molecular complexity index is 506. The average Bonchev–Trinajstić information content (AvgIpc) is 2.90. The van der Waals surface area contributed by atoms with Crippen LogP contribution in [0.25, 0.3) is 0 Å². The molecule has 6 heteroatoms. The van der Waals surface area contributed by atoms with Crippen LogP contribution in [0.15, 0.2) is 18.2 Å². The van der Waals surface area contributed by atoms with E-state index >= 15 is 0 Å². The molecule has 6 nitrogen and oxygen atoms in total. The third-order valence-electron chi connectivity index (χ3n) is 4.32. The second-order valence-corrected chi connectivity index (χ2v) is 5.48. The van der Waals surface area contributed by atoms with E-state index in [-0.39, 0.29) is 10.6 Å². The maximum Gasteiger partial charge on any atom is 0.292 e. The summed E-state index contributed by atoms with van der Waals surface area (Å²) in [6.07, 6.45) is 2.39. The molecule has 0 saturated carbocycles. The molecule has 2 aliphatic rings. The maximum atomic E-state index is 11.2. The first kappa shape index (κ1) is 13.2. The van der Waals surface area contributed by atoms with Gasteiger partial charge in [-0.15, -0.1) is 0 Å². The highest BCUT2D eigenvalue weighted by Gasteiger charge is 2.36. The molecule has 0 spiro atoms. The summed E-state index contributed by atoms with van der Waals surface area (Å²) in [6, 6.07) is 5.40. The van der Waals surface area contributed by atoms with E-state index in [1.54, 1.807) is 19.2 Å². The molecule has 1 aromatic rings. The summed E-state index contributed by atoms with van der Waals surface area (Å²) >= 11 is 0. The zero-order valence-corrected chi connectivity index (χ0v) is 11.5. The molecule has 108 valence electrons. The molecule has 2 saturated heterocycles. The van der Waals surface area contributed by atoms with Gasteiger partial charge in [0.15, 0.2) is 0 Å². The summed E-state index contributed by atoms with van der Waals surface area (Å²) in [5.41, 5.74) is 0.829. The highest BCUT2D eigenvalue weighted by atomic mass is 16.6. The molecule has 3 rings (SSSR count). The van der Waals surface area contributed by atoms with Crippen molar-refractivity contribution in [3.05, 3.63) is 28.3 Å². The van der Waals surface area contributed by atoms with Gasteiger partial charge in [-0.2, -0.15) is 0 Å². The Morgan fingerprint density at radius 1 is 1.45 bits per heavy atom. The second-order valence-electron chi connectivity index (χ2n) is 5.48. The number of piperidine rings is 1. The van der Waals surface area contributed by atoms with Crippen molar-refractivity contribution in [3.8, 4) is 5.75 Å². The number of nitro benzene ring substituents is 1. The first-order valence-corrected chi connectivity index (χ1v) is 7.00. The van der Waals surface area contributed by atoms with Crippen LogP contribution in [0.2, 0.25) is 0 Å². The van der Waals surface area contributed by atoms with Crippen LogP contribution in [0.5, 0.6) is 5.75 Å². The predicted octanol–water partition coefficient (Wildman–Crippen LogP) is 1.79. The average molecular weight is 277 g/mol. The molecular formula is C14H19N3O3. The van der Waals surface area contributed by atoms with Crippen LogP contribution < -0.4 is 15.0 Å². The van der Waals surface area contributed by atoms with Crippen molar-refractivity contribution in [2.24, 2.45) is 5.92 Å². The van der Waals surface area contributed by atoms with Crippen LogP contribution in [0.1, 0.15) is 12.8 Å². The SMILES string of the molecule is COc1ccc([N+](=O)[O-])c(N2CC3CCCNC3C2)c1. The van der Waals surface area contributed by atoms with Gasteiger partial charge in [0, 0.05) is 31.3 Å². The molecular weight excluding hydrogens is 258 g/mol. The fourth-order valence-electron chi connectivity index (χ4n) is 3.28. The predicted molar refractivity (Wildman–Crippen MR) is 76.4 cm³/mol. The minimum absolute atomic E-state index is 0.157. The number of benzene rings is 1. The van der Waals surface area contributed by atoms with E-state index in [2.05, 4.69) is 10.2 Å². The zero-order chi connectivity index (χ0) is 14.1. The minimum atomic E-state index is -0.315. The van der Waals surface area contributed by atoms with Crippen LogP contribution >= 0.6 is 0 Å². The summed E-state index contributed by atoms with van der Waals surface area (Å²) in [6.45, 7) is 2.76. The molecule has 0 radical (unpaired) electrons. The van der Waals surface area contributed by atoms with Gasteiger partial charge < -0.3 is 15.0 Å². The number of rotatable bonds is 3. The quantitative estimate of drug-likeness (QED) is 0.674. The number of nitro groups is 1. The first-order valence-electron chi connectivity index (χ1n) is 7.00. The number of nitrogens with one attached hydrogen (secondary N) is 1. The molecule has 20 heavy (non-hydrogen) atoms. The second kappa shape index (κ2) is 5.28. The van der Waals surface area contributed by atoms with Gasteiger partial charge in [-0.05, 0) is 31.4 Å². The van der Waals surface area contributed by atoms with Gasteiger partial charge in [-0.3, -0.25) is 10.1 Å². The lowest BCUT2D eigenvalue weighted by molar-refractivity contribution is -0.384. The van der Waals surface area contributed by atoms with Crippen molar-refractivity contribution in [2.45, 2.75) is 18.9 Å². The summed E-state index contributed by atoms with van der Waals surface area (Å²) in [5.74, 6) is 1.25. The Balaban J connectivity index is 1.90. The molecule has 1 aromatic carbocycles. The van der Waals surface area contributed by atoms with Gasteiger partial charge in [0.1, 0.15) is 11.4 Å². The normalized spacial score (nSPS) is 25.4. The molecule has 2 atom stereocenters. The van der Waals surface area contributed by atoms with Gasteiger partial charge in [-0.25, -0.2) is 0 Å². The van der Waals surface area contributed by atoms with E-state index in [0.717, 1.165) is 19.6 Å². The monoisotopic (exact) mass is 277 g/mol. The van der Waals surface area contributed by atoms with Gasteiger partial charge in [0.2, 0.25) is 0 Å². The van der Waals surface area contributed by atoms with Crippen LogP contribution in [-0.2, 0) is 0 Å². The summed E-state index contributed by atoms with van der Waals surface area (Å²) in [7, 11) is 1.58. The molecule has 0 aliphatic carbocycles. The van der Waals surface area contributed by atoms with E-state index < -0.39 is 0 Å². The van der Waals surface area contributed by atoms with E-state index in [0.29, 0.717) is 23.4 Å². The van der Waals surface area contributed by atoms with Crippen molar-refractivity contribution in [1.29, 1.82) is 0 Å². The summed E-state index contributed by atoms with van der Waals surface area (Å²) in [4.78, 5) is 13.0. The van der Waals surface area contributed by atoms with Gasteiger partial charge in [0.25, 0.3) is 5.69 Å². The molecule has 2 aliphatic heterocycles. The van der Waals surface area contributed by atoms with E-state index in [4.69, 9.17) is 4.74 Å². The zero-order valence-electron chi connectivity index (χ0n) is 11.5. The number of methoxy groups -OCH3 is 1. The number of anilines is 1. The fraction of sp³-hybridized carbons (Fsp3) is 0.571. The molecule has 0 amide bonds. The van der Waals surface area contributed by atoms with Gasteiger partial charge >= 0.3 is 0 Å². The fourth-order valence-corrected chi connectivity index (χ4v) is 3.28. The molecule has 0 bridgehead atoms. The molecule has 2 heterocycles. The molecule has 0 aromatic heterocycles. The highest BCUT2D eigenvalue weighted by molar-refractivity contribution is 5.66. The van der Waals surface area contributed by atoms with Crippen molar-refractivity contribution < 1.29 is 9.66 Å². The number of fused-ring (bicyclic) bond motifs is 1. The van der Waals surface area contributed by atoms with Crippen LogP contribution in [-0.4, -0.2) is 37.7 Å². The Labute approximate surface area is 117 Å². The largest absolute Gasteiger partial charge is 0.497 e. The van der Waals surface area contributed by atoms with Gasteiger partial charge in [0.05, 0.1) is 12.0 Å². The van der Waals surface area contributed by atoms with Crippen molar-refractivity contribution in [2.75, 3.05) is 31.6 Å². The van der Waals surface area contributed by atoms with E-state index in [1.807, 2.05) is 0 Å². The maximum absolute atomic E-state index is 11.2. The Hall–Kier alpha value is -1.82. The van der Waals surface area contributed by atoms with Crippen LogP contribution in [0.3, 0.4) is 0 Å². The highest BCUT2D eigenvalue weighted by Crippen LogP contribution is 2.36. The minimum Gasteiger partial charge on any atom is -0.497 e. The summed E-state index contributed by atoms with van der Waals surface area (Å²) in [5, 5.41) is 14.7. The molecule has 1 N–H and O–H groups in total. The standard InChI is InChI=1S/C14H19N3O3/c1-20-11-4-5-13(17(18)19)14(7-11)16-8-10-3-2-6-15-12(10)9-16/h4-5,7,10,12,15H,2-3,6,8-9H2,1H3. The van der Waals surface area contributed by atoms with Crippen molar-refractivity contribution in [1.82, 2.24) is 5.32 Å². The molecule has 2 unspecified atom stereocenters. The smallest absolute Gasteiger partial charge is 0.292 e. The third kappa shape index (κ3) is 2.31. The van der Waals surface area contributed by atoms with Crippen LogP contribution in [0, 0.1) is 16.0 Å². The lowest BCUT2D eigenvalue weighted by atomic mass is 9.94. The molecule has 2 fully saturated rings. The van der Waals surface area contributed by atoms with Crippen LogP contribution in [0.4, 0.5) is 11.4 Å². The first-order chi connectivity index (χ1) is 9.69. The summed E-state index contributed by atoms with van der Waals surface area (Å²) < 4.78 is 5.20. The van der Waals surface area contributed by atoms with Gasteiger partial charge in [-0.1, -0.05) is 0 Å². The van der Waals surface area contributed by atoms with E-state index in [9.17, 15) is 10.1 Å². The Morgan fingerprint density at radius 3 is 3.00 bits per heavy atom. The number of hydrogen-bond donors (Lipinski definition) is 1. The number of nitrogens with zero attached hydrogens (tertiary/aromatic N) is 2.